The molecule has 1 atom stereocenters. The van der Waals surface area contributed by atoms with E-state index < -0.39 is 0 Å². The zero-order valence-electron chi connectivity index (χ0n) is 8.72. The molecule has 12 heavy (non-hydrogen) atoms. The summed E-state index contributed by atoms with van der Waals surface area (Å²) in [4.78, 5) is 12.5. The van der Waals surface area contributed by atoms with Crippen LogP contribution in [0, 0.1) is 0 Å². The van der Waals surface area contributed by atoms with Gasteiger partial charge in [-0.1, -0.05) is 13.8 Å². The maximum absolute atomic E-state index is 10.6. The van der Waals surface area contributed by atoms with E-state index >= 15 is 0 Å². The Labute approximate surface area is 75.1 Å². The highest BCUT2D eigenvalue weighted by atomic mass is 16.1. The van der Waals surface area contributed by atoms with E-state index in [1.807, 2.05) is 32.8 Å². The number of carbonyl (C=O) groups is 1. The molecule has 0 aromatic carbocycles. The van der Waals surface area contributed by atoms with Crippen molar-refractivity contribution < 1.29 is 4.79 Å². The highest BCUT2D eigenvalue weighted by molar-refractivity contribution is 5.80. The van der Waals surface area contributed by atoms with Crippen LogP contribution in [0.5, 0.6) is 0 Å². The fraction of sp³-hybridized carbons (Fsp3) is 0.875. The van der Waals surface area contributed by atoms with E-state index in [2.05, 4.69) is 5.32 Å². The maximum Gasteiger partial charge on any atom is 0.235 e. The van der Waals surface area contributed by atoms with Crippen molar-refractivity contribution in [3.63, 3.8) is 0 Å². The summed E-state index contributed by atoms with van der Waals surface area (Å²) in [5.41, 5.74) is 5.07. The van der Waals surface area contributed by atoms with Crippen LogP contribution in [0.4, 0.5) is 0 Å². The molecule has 0 aromatic rings. The average molecular weight is 175 g/mol. The zero-order valence-corrected chi connectivity index (χ0v) is 8.72. The molecule has 0 aromatic heterocycles. The molecule has 1 unspecified atom stereocenters. The van der Waals surface area contributed by atoms with E-state index in [1.165, 1.54) is 0 Å². The molecule has 0 spiro atoms. The van der Waals surface area contributed by atoms with E-state index in [1.54, 1.807) is 7.05 Å². The number of rotatable bonds is 4. The Bertz CT molecular complexity index is 115. The van der Waals surface area contributed by atoms with Gasteiger partial charge in [-0.25, -0.2) is 0 Å². The third-order valence-corrected chi connectivity index (χ3v) is 1.24. The van der Waals surface area contributed by atoms with Crippen molar-refractivity contribution in [2.75, 3.05) is 27.7 Å². The molecule has 0 saturated heterocycles. The monoisotopic (exact) mass is 175 g/mol. The molecule has 1 amide bonds. The minimum absolute atomic E-state index is 0.241. The quantitative estimate of drug-likeness (QED) is 0.614. The van der Waals surface area contributed by atoms with E-state index in [9.17, 15) is 4.79 Å². The van der Waals surface area contributed by atoms with Crippen LogP contribution in [0.2, 0.25) is 0 Å². The standard InChI is InChI=1S/C6H15N3O.C2H6/c1-8-5(6(7)10)4-9(2)3;1-2/h5,8H,4H2,1-3H3,(H2,7,10);1-2H3. The van der Waals surface area contributed by atoms with Crippen molar-refractivity contribution in [3.8, 4) is 0 Å². The van der Waals surface area contributed by atoms with Gasteiger partial charge in [-0.15, -0.1) is 0 Å². The normalized spacial score (nSPS) is 11.8. The Morgan fingerprint density at radius 1 is 1.50 bits per heavy atom. The summed E-state index contributed by atoms with van der Waals surface area (Å²) in [5.74, 6) is -0.309. The lowest BCUT2D eigenvalue weighted by Gasteiger charge is -2.16. The molecule has 0 bridgehead atoms. The molecule has 0 aliphatic carbocycles. The number of nitrogens with two attached hydrogens (primary N) is 1. The summed E-state index contributed by atoms with van der Waals surface area (Å²) in [6.45, 7) is 4.64. The summed E-state index contributed by atoms with van der Waals surface area (Å²) in [6, 6.07) is -0.241. The molecule has 0 saturated carbocycles. The van der Waals surface area contributed by atoms with Crippen LogP contribution in [0.25, 0.3) is 0 Å². The van der Waals surface area contributed by atoms with Crippen molar-refractivity contribution in [2.24, 2.45) is 5.73 Å². The minimum atomic E-state index is -0.309. The first-order valence-electron chi connectivity index (χ1n) is 4.19. The van der Waals surface area contributed by atoms with Crippen LogP contribution in [-0.4, -0.2) is 44.5 Å². The first-order valence-corrected chi connectivity index (χ1v) is 4.19. The molecule has 0 aliphatic heterocycles. The Kier molecular flexibility index (Phi) is 9.86. The van der Waals surface area contributed by atoms with Gasteiger partial charge in [0.2, 0.25) is 5.91 Å². The maximum atomic E-state index is 10.6. The molecule has 0 fully saturated rings. The molecular weight excluding hydrogens is 154 g/mol. The number of amides is 1. The number of primary amides is 1. The molecule has 0 rings (SSSR count). The third-order valence-electron chi connectivity index (χ3n) is 1.24. The van der Waals surface area contributed by atoms with Gasteiger partial charge in [-0.05, 0) is 21.1 Å². The average Bonchev–Trinajstić information content (AvgIpc) is 2.03. The van der Waals surface area contributed by atoms with Gasteiger partial charge in [0.05, 0.1) is 6.04 Å². The number of nitrogens with zero attached hydrogens (tertiary/aromatic N) is 1. The molecule has 3 N–H and O–H groups in total. The van der Waals surface area contributed by atoms with Crippen molar-refractivity contribution in [2.45, 2.75) is 19.9 Å². The summed E-state index contributed by atoms with van der Waals surface area (Å²) < 4.78 is 0. The number of likely N-dealkylation sites (N-methyl/N-ethyl adjacent to an activating group) is 2. The van der Waals surface area contributed by atoms with Crippen LogP contribution < -0.4 is 11.1 Å². The lowest BCUT2D eigenvalue weighted by molar-refractivity contribution is -0.120. The Morgan fingerprint density at radius 2 is 1.92 bits per heavy atom. The van der Waals surface area contributed by atoms with Crippen LogP contribution in [0.15, 0.2) is 0 Å². The van der Waals surface area contributed by atoms with Gasteiger partial charge in [0.15, 0.2) is 0 Å². The van der Waals surface area contributed by atoms with Gasteiger partial charge < -0.3 is 16.0 Å². The SMILES string of the molecule is CC.CNC(CN(C)C)C(N)=O. The van der Waals surface area contributed by atoms with Crippen LogP contribution in [-0.2, 0) is 4.79 Å². The number of nitrogens with one attached hydrogen (secondary N) is 1. The molecule has 4 heteroatoms. The molecule has 74 valence electrons. The molecule has 0 aliphatic rings. The fourth-order valence-corrected chi connectivity index (χ4v) is 0.689. The first-order chi connectivity index (χ1) is 5.57. The smallest absolute Gasteiger partial charge is 0.235 e. The van der Waals surface area contributed by atoms with Crippen molar-refractivity contribution in [3.05, 3.63) is 0 Å². The lowest BCUT2D eigenvalue weighted by atomic mass is 10.3. The van der Waals surface area contributed by atoms with Crippen molar-refractivity contribution >= 4 is 5.91 Å². The minimum Gasteiger partial charge on any atom is -0.368 e. The van der Waals surface area contributed by atoms with E-state index in [0.717, 1.165) is 0 Å². The number of carbonyl (C=O) groups excluding carboxylic acids is 1. The Hall–Kier alpha value is -0.610. The van der Waals surface area contributed by atoms with E-state index in [0.29, 0.717) is 6.54 Å². The summed E-state index contributed by atoms with van der Waals surface area (Å²) in [5, 5.41) is 2.82. The lowest BCUT2D eigenvalue weighted by Crippen LogP contribution is -2.45. The Balaban J connectivity index is 0. The summed E-state index contributed by atoms with van der Waals surface area (Å²) in [6.07, 6.45) is 0. The van der Waals surface area contributed by atoms with Crippen molar-refractivity contribution in [1.82, 2.24) is 10.2 Å². The van der Waals surface area contributed by atoms with Crippen LogP contribution in [0.3, 0.4) is 0 Å². The second-order valence-corrected chi connectivity index (χ2v) is 2.51. The van der Waals surface area contributed by atoms with Gasteiger partial charge in [-0.2, -0.15) is 0 Å². The third kappa shape index (κ3) is 7.50. The highest BCUT2D eigenvalue weighted by Gasteiger charge is 2.12. The summed E-state index contributed by atoms with van der Waals surface area (Å²) in [7, 11) is 5.51. The fourth-order valence-electron chi connectivity index (χ4n) is 0.689. The van der Waals surface area contributed by atoms with Gasteiger partial charge in [-0.3, -0.25) is 4.79 Å². The molecular formula is C8H21N3O. The molecule has 0 heterocycles. The van der Waals surface area contributed by atoms with E-state index in [-0.39, 0.29) is 11.9 Å². The van der Waals surface area contributed by atoms with Crippen LogP contribution in [0.1, 0.15) is 13.8 Å². The second-order valence-electron chi connectivity index (χ2n) is 2.51. The number of hydrogen-bond donors (Lipinski definition) is 2. The largest absolute Gasteiger partial charge is 0.368 e. The Morgan fingerprint density at radius 3 is 2.00 bits per heavy atom. The second kappa shape index (κ2) is 8.49. The highest BCUT2D eigenvalue weighted by Crippen LogP contribution is 1.83. The zero-order chi connectivity index (χ0) is 10.1. The number of hydrogen-bond acceptors (Lipinski definition) is 3. The van der Waals surface area contributed by atoms with Gasteiger partial charge in [0.1, 0.15) is 0 Å². The molecule has 0 radical (unpaired) electrons. The van der Waals surface area contributed by atoms with Gasteiger partial charge in [0.25, 0.3) is 0 Å². The first kappa shape index (κ1) is 13.9. The predicted molar refractivity (Wildman–Crippen MR) is 51.9 cm³/mol. The molecule has 4 nitrogen and oxygen atoms in total. The van der Waals surface area contributed by atoms with Crippen molar-refractivity contribution in [1.29, 1.82) is 0 Å². The van der Waals surface area contributed by atoms with Gasteiger partial charge in [0, 0.05) is 6.54 Å². The van der Waals surface area contributed by atoms with Gasteiger partial charge >= 0.3 is 0 Å². The van der Waals surface area contributed by atoms with Crippen LogP contribution >= 0.6 is 0 Å². The van der Waals surface area contributed by atoms with E-state index in [4.69, 9.17) is 5.73 Å². The topological polar surface area (TPSA) is 58.4 Å². The summed E-state index contributed by atoms with van der Waals surface area (Å²) >= 11 is 0. The predicted octanol–water partition coefficient (Wildman–Crippen LogP) is -0.352.